The Morgan fingerprint density at radius 3 is 2.75 bits per heavy atom. The number of hydrogen-bond acceptors (Lipinski definition) is 4. The molecule has 0 atom stereocenters. The average molecular weight is 231 g/mol. The highest BCUT2D eigenvalue weighted by atomic mass is 16.5. The molecule has 6 nitrogen and oxygen atoms in total. The van der Waals surface area contributed by atoms with Gasteiger partial charge in [0.2, 0.25) is 0 Å². The van der Waals surface area contributed by atoms with Crippen LogP contribution in [-0.2, 0) is 14.3 Å². The van der Waals surface area contributed by atoms with Crippen molar-refractivity contribution < 1.29 is 24.2 Å². The lowest BCUT2D eigenvalue weighted by Gasteiger charge is -2.05. The molecule has 0 heterocycles. The summed E-state index contributed by atoms with van der Waals surface area (Å²) in [6.07, 6.45) is 1.59. The van der Waals surface area contributed by atoms with Gasteiger partial charge < -0.3 is 19.9 Å². The van der Waals surface area contributed by atoms with Crippen molar-refractivity contribution in [1.82, 2.24) is 5.32 Å². The maximum absolute atomic E-state index is 10.9. The smallest absolute Gasteiger partial charge is 0.407 e. The second kappa shape index (κ2) is 9.97. The summed E-state index contributed by atoms with van der Waals surface area (Å²) in [4.78, 5) is 21.0. The number of hydrogen-bond donors (Lipinski definition) is 2. The zero-order valence-electron chi connectivity index (χ0n) is 9.11. The summed E-state index contributed by atoms with van der Waals surface area (Å²) < 4.78 is 9.68. The fourth-order valence-corrected chi connectivity index (χ4v) is 0.812. The van der Waals surface area contributed by atoms with Crippen LogP contribution in [0.1, 0.15) is 12.8 Å². The molecule has 0 rings (SSSR count). The fourth-order valence-electron chi connectivity index (χ4n) is 0.812. The van der Waals surface area contributed by atoms with E-state index in [0.717, 1.165) is 0 Å². The van der Waals surface area contributed by atoms with E-state index < -0.39 is 12.1 Å². The molecule has 0 radical (unpaired) electrons. The Hall–Kier alpha value is -1.56. The van der Waals surface area contributed by atoms with E-state index in [1.165, 1.54) is 6.08 Å². The molecule has 6 heteroatoms. The first kappa shape index (κ1) is 14.4. The molecular formula is C10H17NO5. The van der Waals surface area contributed by atoms with Crippen LogP contribution in [0.3, 0.4) is 0 Å². The quantitative estimate of drug-likeness (QED) is 0.452. The van der Waals surface area contributed by atoms with E-state index in [2.05, 4.69) is 16.6 Å². The minimum atomic E-state index is -0.883. The third kappa shape index (κ3) is 10.5. The van der Waals surface area contributed by atoms with E-state index in [0.29, 0.717) is 19.6 Å². The van der Waals surface area contributed by atoms with Crippen LogP contribution < -0.4 is 5.32 Å². The zero-order valence-corrected chi connectivity index (χ0v) is 9.11. The van der Waals surface area contributed by atoms with Gasteiger partial charge in [-0.15, -0.1) is 0 Å². The molecule has 0 bridgehead atoms. The maximum Gasteiger partial charge on any atom is 0.407 e. The van der Waals surface area contributed by atoms with Crippen LogP contribution in [0.5, 0.6) is 0 Å². The molecule has 0 saturated heterocycles. The highest BCUT2D eigenvalue weighted by Crippen LogP contribution is 1.86. The highest BCUT2D eigenvalue weighted by Gasteiger charge is 1.99. The molecule has 1 amide bonds. The molecule has 0 aromatic carbocycles. The van der Waals surface area contributed by atoms with Gasteiger partial charge in [0.25, 0.3) is 0 Å². The van der Waals surface area contributed by atoms with Gasteiger partial charge in [-0.05, 0) is 6.42 Å². The maximum atomic E-state index is 10.9. The predicted molar refractivity (Wildman–Crippen MR) is 57.2 cm³/mol. The molecule has 0 aliphatic heterocycles. The first-order valence-corrected chi connectivity index (χ1v) is 4.98. The first-order valence-electron chi connectivity index (χ1n) is 4.98. The Labute approximate surface area is 94.2 Å². The Balaban J connectivity index is 3.17. The summed E-state index contributed by atoms with van der Waals surface area (Å²) >= 11 is 0. The molecule has 0 fully saturated rings. The van der Waals surface area contributed by atoms with Gasteiger partial charge in [0.1, 0.15) is 6.61 Å². The van der Waals surface area contributed by atoms with Crippen molar-refractivity contribution in [2.45, 2.75) is 12.8 Å². The molecule has 0 saturated carbocycles. The number of carbonyl (C=O) groups is 2. The number of carboxylic acid groups (broad SMARTS) is 1. The summed E-state index contributed by atoms with van der Waals surface area (Å²) in [5.41, 5.74) is 0. The number of nitrogens with one attached hydrogen (secondary N) is 1. The van der Waals surface area contributed by atoms with Gasteiger partial charge in [-0.1, -0.05) is 12.7 Å². The second-order valence-corrected chi connectivity index (χ2v) is 2.92. The summed E-state index contributed by atoms with van der Waals surface area (Å²) in [7, 11) is 0. The predicted octanol–water partition coefficient (Wildman–Crippen LogP) is 0.780. The van der Waals surface area contributed by atoms with Crippen molar-refractivity contribution in [2.75, 3.05) is 26.4 Å². The van der Waals surface area contributed by atoms with Crippen molar-refractivity contribution in [3.05, 3.63) is 12.7 Å². The van der Waals surface area contributed by atoms with Gasteiger partial charge in [-0.25, -0.2) is 4.79 Å². The number of carboxylic acids is 1. The van der Waals surface area contributed by atoms with Gasteiger partial charge in [-0.2, -0.15) is 0 Å². The lowest BCUT2D eigenvalue weighted by Crippen LogP contribution is -2.26. The topological polar surface area (TPSA) is 84.9 Å². The molecular weight excluding hydrogens is 214 g/mol. The van der Waals surface area contributed by atoms with Gasteiger partial charge in [0.15, 0.2) is 0 Å². The van der Waals surface area contributed by atoms with Crippen LogP contribution in [0.15, 0.2) is 12.7 Å². The lowest BCUT2D eigenvalue weighted by molar-refractivity contribution is -0.138. The van der Waals surface area contributed by atoms with Crippen molar-refractivity contribution >= 4 is 12.1 Å². The van der Waals surface area contributed by atoms with Gasteiger partial charge in [-0.3, -0.25) is 4.79 Å². The molecule has 0 aromatic heterocycles. The van der Waals surface area contributed by atoms with Crippen molar-refractivity contribution in [3.63, 3.8) is 0 Å². The van der Waals surface area contributed by atoms with Crippen molar-refractivity contribution in [2.24, 2.45) is 0 Å². The largest absolute Gasteiger partial charge is 0.481 e. The molecule has 0 spiro atoms. The van der Waals surface area contributed by atoms with Crippen LogP contribution in [0.4, 0.5) is 4.79 Å². The second-order valence-electron chi connectivity index (χ2n) is 2.92. The van der Waals surface area contributed by atoms with Crippen LogP contribution in [0.25, 0.3) is 0 Å². The van der Waals surface area contributed by atoms with E-state index in [1.54, 1.807) is 0 Å². The fraction of sp³-hybridized carbons (Fsp3) is 0.600. The monoisotopic (exact) mass is 231 g/mol. The minimum absolute atomic E-state index is 0.00515. The Bertz CT molecular complexity index is 229. The Morgan fingerprint density at radius 1 is 1.38 bits per heavy atom. The van der Waals surface area contributed by atoms with Crippen LogP contribution in [0.2, 0.25) is 0 Å². The summed E-state index contributed by atoms with van der Waals surface area (Å²) in [6.45, 7) is 4.62. The minimum Gasteiger partial charge on any atom is -0.481 e. The molecule has 0 aromatic rings. The Morgan fingerprint density at radius 2 is 2.12 bits per heavy atom. The van der Waals surface area contributed by atoms with Gasteiger partial charge >= 0.3 is 12.1 Å². The van der Waals surface area contributed by atoms with E-state index in [9.17, 15) is 9.59 Å². The van der Waals surface area contributed by atoms with E-state index in [-0.39, 0.29) is 19.6 Å². The third-order valence-corrected chi connectivity index (χ3v) is 1.53. The number of ether oxygens (including phenoxy) is 2. The van der Waals surface area contributed by atoms with Crippen molar-refractivity contribution in [3.8, 4) is 0 Å². The van der Waals surface area contributed by atoms with Gasteiger partial charge in [0, 0.05) is 13.2 Å². The molecule has 0 aliphatic rings. The van der Waals surface area contributed by atoms with Crippen LogP contribution in [-0.4, -0.2) is 43.5 Å². The van der Waals surface area contributed by atoms with E-state index >= 15 is 0 Å². The summed E-state index contributed by atoms with van der Waals surface area (Å²) in [6, 6.07) is 0. The number of amides is 1. The zero-order chi connectivity index (χ0) is 12.2. The average Bonchev–Trinajstić information content (AvgIpc) is 2.24. The number of aliphatic carboxylic acids is 1. The summed E-state index contributed by atoms with van der Waals surface area (Å²) in [5.74, 6) is -0.883. The molecule has 92 valence electrons. The standard InChI is InChI=1S/C10H17NO5/c1-2-6-16-10(14)11-5-3-7-15-8-4-9(12)13/h2H,1,3-8H2,(H,11,14)(H,12,13). The molecule has 16 heavy (non-hydrogen) atoms. The first-order chi connectivity index (χ1) is 7.66. The molecule has 0 aliphatic carbocycles. The molecule has 2 N–H and O–H groups in total. The number of carbonyl (C=O) groups excluding carboxylic acids is 1. The number of rotatable bonds is 9. The SMILES string of the molecule is C=CCOC(=O)NCCCOCCC(=O)O. The van der Waals surface area contributed by atoms with E-state index in [4.69, 9.17) is 9.84 Å². The van der Waals surface area contributed by atoms with Crippen LogP contribution >= 0.6 is 0 Å². The van der Waals surface area contributed by atoms with E-state index in [1.807, 2.05) is 0 Å². The summed E-state index contributed by atoms with van der Waals surface area (Å²) in [5, 5.41) is 10.8. The van der Waals surface area contributed by atoms with Crippen molar-refractivity contribution in [1.29, 1.82) is 0 Å². The molecule has 0 unspecified atom stereocenters. The van der Waals surface area contributed by atoms with Crippen LogP contribution in [0, 0.1) is 0 Å². The Kier molecular flexibility index (Phi) is 9.00. The number of alkyl carbamates (subject to hydrolysis) is 1. The third-order valence-electron chi connectivity index (χ3n) is 1.53. The highest BCUT2D eigenvalue weighted by molar-refractivity contribution is 5.67. The van der Waals surface area contributed by atoms with Gasteiger partial charge in [0.05, 0.1) is 13.0 Å². The normalized spacial score (nSPS) is 9.50. The lowest BCUT2D eigenvalue weighted by atomic mass is 10.4.